The Hall–Kier alpha value is -2.10. The summed E-state index contributed by atoms with van der Waals surface area (Å²) in [4.78, 5) is 0.945. The first kappa shape index (κ1) is 23.6. The van der Waals surface area contributed by atoms with E-state index in [1.807, 2.05) is 0 Å². The zero-order valence-corrected chi connectivity index (χ0v) is 17.5. The monoisotopic (exact) mass is 484 g/mol. The maximum atomic E-state index is 14.2. The third-order valence-electron chi connectivity index (χ3n) is 4.84. The number of halogens is 8. The Bertz CT molecular complexity index is 988. The number of hydrogen-bond donors (Lipinski definition) is 1. The zero-order valence-electron chi connectivity index (χ0n) is 16.0. The molecule has 1 heterocycles. The van der Waals surface area contributed by atoms with Crippen molar-refractivity contribution >= 4 is 28.9 Å². The van der Waals surface area contributed by atoms with E-state index in [0.717, 1.165) is 23.1 Å². The maximum absolute atomic E-state index is 14.2. The molecule has 11 heteroatoms. The highest BCUT2D eigenvalue weighted by molar-refractivity contribution is 6.34. The molecule has 1 atom stereocenters. The van der Waals surface area contributed by atoms with Gasteiger partial charge in [0.1, 0.15) is 0 Å². The van der Waals surface area contributed by atoms with E-state index in [-0.39, 0.29) is 33.4 Å². The summed E-state index contributed by atoms with van der Waals surface area (Å²) < 4.78 is 88.3. The van der Waals surface area contributed by atoms with E-state index in [4.69, 9.17) is 27.9 Å². The molecule has 0 aliphatic carbocycles. The molecule has 168 valence electrons. The molecule has 0 amide bonds. The van der Waals surface area contributed by atoms with Crippen LogP contribution in [0.25, 0.3) is 0 Å². The quantitative estimate of drug-likeness (QED) is 0.501. The summed E-state index contributed by atoms with van der Waals surface area (Å²) in [6.45, 7) is 2.55. The summed E-state index contributed by atoms with van der Waals surface area (Å²) in [5.41, 5.74) is -4.46. The van der Waals surface area contributed by atoms with Gasteiger partial charge in [-0.25, -0.2) is 0 Å². The smallest absolute Gasteiger partial charge is 0.434 e. The molecule has 3 nitrogen and oxygen atoms in total. The fourth-order valence-corrected chi connectivity index (χ4v) is 3.95. The van der Waals surface area contributed by atoms with Gasteiger partial charge >= 0.3 is 12.4 Å². The molecule has 2 aromatic carbocycles. The van der Waals surface area contributed by atoms with Crippen LogP contribution in [0.1, 0.15) is 16.7 Å². The van der Waals surface area contributed by atoms with Crippen molar-refractivity contribution in [2.45, 2.75) is 24.5 Å². The second-order valence-electron chi connectivity index (χ2n) is 6.93. The summed E-state index contributed by atoms with van der Waals surface area (Å²) in [6.07, 6.45) is -9.65. The number of rotatable bonds is 4. The zero-order chi connectivity index (χ0) is 23.2. The average Bonchev–Trinajstić information content (AvgIpc) is 2.99. The van der Waals surface area contributed by atoms with E-state index in [0.29, 0.717) is 0 Å². The highest BCUT2D eigenvalue weighted by Gasteiger charge is 2.63. The predicted molar refractivity (Wildman–Crippen MR) is 106 cm³/mol. The minimum absolute atomic E-state index is 0.0467. The Balaban J connectivity index is 2.10. The number of nitrogens with one attached hydrogen (secondary N) is 1. The number of ether oxygens (including phenoxy) is 1. The summed E-state index contributed by atoms with van der Waals surface area (Å²) in [7, 11) is 1.48. The van der Waals surface area contributed by atoms with Gasteiger partial charge in [0.2, 0.25) is 5.60 Å². The van der Waals surface area contributed by atoms with Crippen LogP contribution in [0.3, 0.4) is 0 Å². The molecule has 1 unspecified atom stereocenters. The Labute approximate surface area is 184 Å². The van der Waals surface area contributed by atoms with Crippen molar-refractivity contribution < 1.29 is 31.1 Å². The lowest BCUT2D eigenvalue weighted by molar-refractivity contribution is -0.256. The molecule has 1 aliphatic rings. The van der Waals surface area contributed by atoms with E-state index >= 15 is 0 Å². The summed E-state index contributed by atoms with van der Waals surface area (Å²) in [5.74, 6) is -0.456. The first-order valence-electron chi connectivity index (χ1n) is 8.82. The van der Waals surface area contributed by atoms with Crippen LogP contribution in [0.2, 0.25) is 10.0 Å². The lowest BCUT2D eigenvalue weighted by Gasteiger charge is -2.30. The third kappa shape index (κ3) is 4.44. The lowest BCUT2D eigenvalue weighted by atomic mass is 9.92. The maximum Gasteiger partial charge on any atom is 0.434 e. The Morgan fingerprint density at radius 3 is 2.19 bits per heavy atom. The molecule has 1 aliphatic heterocycles. The van der Waals surface area contributed by atoms with Crippen LogP contribution < -0.4 is 10.2 Å². The number of hydrogen-bond acceptors (Lipinski definition) is 3. The molecular weight excluding hydrogens is 469 g/mol. The molecule has 0 spiro atoms. The van der Waals surface area contributed by atoms with E-state index in [1.54, 1.807) is 0 Å². The molecule has 31 heavy (non-hydrogen) atoms. The first-order chi connectivity index (χ1) is 14.3. The van der Waals surface area contributed by atoms with Gasteiger partial charge in [0.25, 0.3) is 0 Å². The van der Waals surface area contributed by atoms with Crippen LogP contribution in [0.4, 0.5) is 32.0 Å². The Morgan fingerprint density at radius 1 is 1.06 bits per heavy atom. The molecule has 0 bridgehead atoms. The average molecular weight is 485 g/mol. The Kier molecular flexibility index (Phi) is 6.16. The van der Waals surface area contributed by atoms with E-state index in [9.17, 15) is 26.3 Å². The topological polar surface area (TPSA) is 24.5 Å². The molecule has 2 aromatic rings. The highest BCUT2D eigenvalue weighted by Crippen LogP contribution is 2.51. The molecule has 3 rings (SSSR count). The van der Waals surface area contributed by atoms with E-state index < -0.39 is 35.9 Å². The van der Waals surface area contributed by atoms with Crippen molar-refractivity contribution in [1.29, 1.82) is 0 Å². The molecule has 0 saturated carbocycles. The van der Waals surface area contributed by atoms with Crippen molar-refractivity contribution in [3.63, 3.8) is 0 Å². The van der Waals surface area contributed by atoms with Gasteiger partial charge in [-0.3, -0.25) is 0 Å². The van der Waals surface area contributed by atoms with Crippen LogP contribution >= 0.6 is 23.2 Å². The normalized spacial score (nSPS) is 19.6. The summed E-state index contributed by atoms with van der Waals surface area (Å²) in [6, 6.07) is 6.62. The van der Waals surface area contributed by atoms with Gasteiger partial charge in [0.05, 0.1) is 12.1 Å². The van der Waals surface area contributed by atoms with Gasteiger partial charge in [-0.1, -0.05) is 29.3 Å². The minimum atomic E-state index is -4.95. The Morgan fingerprint density at radius 2 is 1.68 bits per heavy atom. The fourth-order valence-electron chi connectivity index (χ4n) is 3.42. The standard InChI is InChI=1S/C20H16Cl2F6N2O/c1-11-30(16-4-3-12(9-29-2)17(8-16)19(23,24)25)10-18(31-11,20(26,27)28)13-5-14(21)7-15(22)6-13/h3-8,29H,1,9-10H2,2H3. The van der Waals surface area contributed by atoms with Crippen molar-refractivity contribution in [2.24, 2.45) is 0 Å². The van der Waals surface area contributed by atoms with E-state index in [1.165, 1.54) is 25.2 Å². The minimum Gasteiger partial charge on any atom is -0.456 e. The second kappa shape index (κ2) is 8.11. The molecule has 1 fully saturated rings. The SMILES string of the molecule is C=C1OC(c2cc(Cl)cc(Cl)c2)(C(F)(F)F)CN1c1ccc(CNC)c(C(F)(F)F)c1. The molecule has 1 saturated heterocycles. The highest BCUT2D eigenvalue weighted by atomic mass is 35.5. The molecule has 1 N–H and O–H groups in total. The van der Waals surface area contributed by atoms with Crippen molar-refractivity contribution in [1.82, 2.24) is 5.32 Å². The number of anilines is 1. The number of nitrogens with zero attached hydrogens (tertiary/aromatic N) is 1. The fraction of sp³-hybridized carbons (Fsp3) is 0.300. The van der Waals surface area contributed by atoms with Crippen LogP contribution in [0.15, 0.2) is 48.9 Å². The summed E-state index contributed by atoms with van der Waals surface area (Å²) >= 11 is 11.7. The van der Waals surface area contributed by atoms with Crippen LogP contribution in [0, 0.1) is 0 Å². The van der Waals surface area contributed by atoms with Gasteiger partial charge in [-0.15, -0.1) is 0 Å². The lowest BCUT2D eigenvalue weighted by Crippen LogP contribution is -2.46. The molecule has 0 radical (unpaired) electrons. The number of alkyl halides is 6. The van der Waals surface area contributed by atoms with Gasteiger partial charge in [-0.05, 0) is 49.5 Å². The second-order valence-corrected chi connectivity index (χ2v) is 7.81. The molecule has 0 aromatic heterocycles. The van der Waals surface area contributed by atoms with Crippen LogP contribution in [0.5, 0.6) is 0 Å². The number of benzene rings is 2. The van der Waals surface area contributed by atoms with Gasteiger partial charge < -0.3 is 15.0 Å². The van der Waals surface area contributed by atoms with Gasteiger partial charge in [0, 0.05) is 27.8 Å². The summed E-state index contributed by atoms with van der Waals surface area (Å²) in [5, 5.41) is 2.54. The molecular formula is C20H16Cl2F6N2O. The van der Waals surface area contributed by atoms with Crippen molar-refractivity contribution in [3.8, 4) is 0 Å². The third-order valence-corrected chi connectivity index (χ3v) is 5.27. The van der Waals surface area contributed by atoms with Crippen molar-refractivity contribution in [2.75, 3.05) is 18.5 Å². The first-order valence-corrected chi connectivity index (χ1v) is 9.57. The van der Waals surface area contributed by atoms with E-state index in [2.05, 4.69) is 11.9 Å². The largest absolute Gasteiger partial charge is 0.456 e. The van der Waals surface area contributed by atoms with Crippen molar-refractivity contribution in [3.05, 3.63) is 75.6 Å². The van der Waals surface area contributed by atoms with Crippen LogP contribution in [-0.2, 0) is 23.1 Å². The van der Waals surface area contributed by atoms with Gasteiger partial charge in [0.15, 0.2) is 5.88 Å². The van der Waals surface area contributed by atoms with Crippen LogP contribution in [-0.4, -0.2) is 19.8 Å². The predicted octanol–water partition coefficient (Wildman–Crippen LogP) is 6.50. The van der Waals surface area contributed by atoms with Gasteiger partial charge in [-0.2, -0.15) is 26.3 Å².